The second-order valence-electron chi connectivity index (χ2n) is 3.03. The first-order valence-electron chi connectivity index (χ1n) is 4.41. The summed E-state index contributed by atoms with van der Waals surface area (Å²) in [6.45, 7) is 0. The van der Waals surface area contributed by atoms with Crippen molar-refractivity contribution >= 4 is 21.7 Å². The van der Waals surface area contributed by atoms with E-state index in [0.717, 1.165) is 0 Å². The molecule has 0 saturated heterocycles. The van der Waals surface area contributed by atoms with Crippen molar-refractivity contribution in [3.8, 4) is 0 Å². The first-order chi connectivity index (χ1) is 7.84. The molecule has 0 aromatic heterocycles. The molecule has 1 aromatic carbocycles. The highest BCUT2D eigenvalue weighted by Crippen LogP contribution is 2.28. The van der Waals surface area contributed by atoms with E-state index in [1.807, 2.05) is 0 Å². The van der Waals surface area contributed by atoms with E-state index in [1.165, 1.54) is 24.3 Å². The van der Waals surface area contributed by atoms with E-state index < -0.39 is 23.3 Å². The van der Waals surface area contributed by atoms with Gasteiger partial charge < -0.3 is 0 Å². The maximum atomic E-state index is 12.5. The Morgan fingerprint density at radius 2 is 1.76 bits per heavy atom. The molecule has 0 amide bonds. The van der Waals surface area contributed by atoms with Crippen LogP contribution >= 0.6 is 15.9 Å². The largest absolute Gasteiger partial charge is 0.417 e. The van der Waals surface area contributed by atoms with Crippen LogP contribution in [0.25, 0.3) is 0 Å². The molecule has 2 nitrogen and oxygen atoms in total. The predicted octanol–water partition coefficient (Wildman–Crippen LogP) is 3.46. The molecule has 17 heavy (non-hydrogen) atoms. The van der Waals surface area contributed by atoms with Crippen molar-refractivity contribution in [2.75, 3.05) is 0 Å². The third-order valence-electron chi connectivity index (χ3n) is 1.78. The maximum absolute atomic E-state index is 12.5. The number of benzene rings is 1. The van der Waals surface area contributed by atoms with Gasteiger partial charge in [0.15, 0.2) is 5.01 Å². The Hall–Kier alpha value is -0.950. The highest BCUT2D eigenvalue weighted by Gasteiger charge is 2.45. The molecule has 0 aliphatic carbocycles. The van der Waals surface area contributed by atoms with E-state index in [9.17, 15) is 22.4 Å². The zero-order valence-corrected chi connectivity index (χ0v) is 9.83. The van der Waals surface area contributed by atoms with Gasteiger partial charge >= 0.3 is 12.5 Å². The molecule has 0 radical (unpaired) electrons. The molecule has 94 valence electrons. The summed E-state index contributed by atoms with van der Waals surface area (Å²) in [5, 5.41) is -1.83. The van der Waals surface area contributed by atoms with Crippen LogP contribution in [0.1, 0.15) is 10.4 Å². The van der Waals surface area contributed by atoms with Crippen molar-refractivity contribution in [2.45, 2.75) is 17.5 Å². The molecule has 0 aliphatic rings. The van der Waals surface area contributed by atoms with Crippen LogP contribution in [0.15, 0.2) is 30.3 Å². The first-order valence-corrected chi connectivity index (χ1v) is 5.33. The summed E-state index contributed by atoms with van der Waals surface area (Å²) < 4.78 is 52.4. The van der Waals surface area contributed by atoms with Gasteiger partial charge in [0.25, 0.3) is 0 Å². The van der Waals surface area contributed by atoms with Crippen molar-refractivity contribution in [3.05, 3.63) is 35.9 Å². The molecule has 0 N–H and O–H groups in total. The van der Waals surface area contributed by atoms with Crippen molar-refractivity contribution in [1.82, 2.24) is 0 Å². The van der Waals surface area contributed by atoms with Gasteiger partial charge in [0, 0.05) is 5.56 Å². The van der Waals surface area contributed by atoms with Gasteiger partial charge in [-0.25, -0.2) is 8.78 Å². The SMILES string of the molecule is O=C(c1ccccc1)C(Br)OC(F)(F)C(F)F. The Kier molecular flexibility index (Phi) is 4.64. The maximum Gasteiger partial charge on any atom is 0.417 e. The third-order valence-corrected chi connectivity index (χ3v) is 2.38. The summed E-state index contributed by atoms with van der Waals surface area (Å²) >= 11 is 2.50. The van der Waals surface area contributed by atoms with Crippen molar-refractivity contribution in [3.63, 3.8) is 0 Å². The molecule has 0 spiro atoms. The van der Waals surface area contributed by atoms with Crippen molar-refractivity contribution in [1.29, 1.82) is 0 Å². The Morgan fingerprint density at radius 1 is 1.24 bits per heavy atom. The minimum absolute atomic E-state index is 0.0828. The Morgan fingerprint density at radius 3 is 2.24 bits per heavy atom. The monoisotopic (exact) mass is 314 g/mol. The minimum Gasteiger partial charge on any atom is -0.293 e. The molecule has 7 heteroatoms. The van der Waals surface area contributed by atoms with Crippen LogP contribution in [0.3, 0.4) is 0 Å². The Labute approximate surface area is 103 Å². The number of ketones is 1. The number of ether oxygens (including phenoxy) is 1. The normalized spacial score (nSPS) is 13.8. The molecule has 0 fully saturated rings. The van der Waals surface area contributed by atoms with Gasteiger partial charge in [-0.3, -0.25) is 9.53 Å². The fourth-order valence-electron chi connectivity index (χ4n) is 0.976. The predicted molar refractivity (Wildman–Crippen MR) is 55.5 cm³/mol. The van der Waals surface area contributed by atoms with Crippen LogP contribution in [-0.4, -0.2) is 23.3 Å². The zero-order chi connectivity index (χ0) is 13.1. The van der Waals surface area contributed by atoms with Crippen LogP contribution in [0, 0.1) is 0 Å². The number of rotatable bonds is 5. The van der Waals surface area contributed by atoms with Crippen LogP contribution in [0.2, 0.25) is 0 Å². The summed E-state index contributed by atoms with van der Waals surface area (Å²) in [6.07, 6.45) is -8.66. The Bertz CT molecular complexity index is 383. The van der Waals surface area contributed by atoms with E-state index in [0.29, 0.717) is 0 Å². The van der Waals surface area contributed by atoms with Crippen LogP contribution < -0.4 is 0 Å². The van der Waals surface area contributed by atoms with Gasteiger partial charge in [-0.15, -0.1) is 0 Å². The lowest BCUT2D eigenvalue weighted by Crippen LogP contribution is -2.35. The zero-order valence-electron chi connectivity index (χ0n) is 8.25. The van der Waals surface area contributed by atoms with Crippen LogP contribution in [0.4, 0.5) is 17.6 Å². The topological polar surface area (TPSA) is 26.3 Å². The number of hydrogen-bond donors (Lipinski definition) is 0. The molecule has 0 bridgehead atoms. The second-order valence-corrected chi connectivity index (χ2v) is 3.86. The van der Waals surface area contributed by atoms with Gasteiger partial charge in [0.1, 0.15) is 0 Å². The summed E-state index contributed by atoms with van der Waals surface area (Å²) in [4.78, 5) is 11.5. The third kappa shape index (κ3) is 3.78. The van der Waals surface area contributed by atoms with Gasteiger partial charge in [-0.1, -0.05) is 30.3 Å². The van der Waals surface area contributed by atoms with Gasteiger partial charge in [-0.2, -0.15) is 8.78 Å². The molecule has 0 heterocycles. The van der Waals surface area contributed by atoms with E-state index in [4.69, 9.17) is 0 Å². The summed E-state index contributed by atoms with van der Waals surface area (Å²) in [5.41, 5.74) is 0.0828. The standard InChI is InChI=1S/C10H7BrF4O2/c11-8(17-10(14,15)9(12)13)7(16)6-4-2-1-3-5-6/h1-5,8-9H. The molecular weight excluding hydrogens is 308 g/mol. The fourth-order valence-corrected chi connectivity index (χ4v) is 1.49. The second kappa shape index (κ2) is 5.59. The summed E-state index contributed by atoms with van der Waals surface area (Å²) in [5.74, 6) is -0.856. The molecule has 0 saturated carbocycles. The summed E-state index contributed by atoms with van der Waals surface area (Å²) in [7, 11) is 0. The van der Waals surface area contributed by atoms with E-state index in [1.54, 1.807) is 6.07 Å². The molecular formula is C10H7BrF4O2. The van der Waals surface area contributed by atoms with Crippen molar-refractivity contribution < 1.29 is 27.1 Å². The lowest BCUT2D eigenvalue weighted by atomic mass is 10.1. The average Bonchev–Trinajstić information content (AvgIpc) is 2.28. The minimum atomic E-state index is -4.67. The number of carbonyl (C=O) groups excluding carboxylic acids is 1. The summed E-state index contributed by atoms with van der Waals surface area (Å²) in [6, 6.07) is 7.37. The fraction of sp³-hybridized carbons (Fsp3) is 0.300. The van der Waals surface area contributed by atoms with Gasteiger partial charge in [0.05, 0.1) is 0 Å². The molecule has 1 rings (SSSR count). The molecule has 1 unspecified atom stereocenters. The van der Waals surface area contributed by atoms with Crippen molar-refractivity contribution in [2.24, 2.45) is 0 Å². The number of carbonyl (C=O) groups is 1. The lowest BCUT2D eigenvalue weighted by Gasteiger charge is -2.18. The highest BCUT2D eigenvalue weighted by molar-refractivity contribution is 9.09. The number of Topliss-reactive ketones (excluding diaryl/α,β-unsaturated/α-hetero) is 1. The number of hydrogen-bond acceptors (Lipinski definition) is 2. The van der Waals surface area contributed by atoms with Crippen LogP contribution in [-0.2, 0) is 4.74 Å². The Balaban J connectivity index is 2.72. The molecule has 1 aromatic rings. The lowest BCUT2D eigenvalue weighted by molar-refractivity contribution is -0.299. The van der Waals surface area contributed by atoms with Gasteiger partial charge in [0.2, 0.25) is 5.78 Å². The smallest absolute Gasteiger partial charge is 0.293 e. The number of halogens is 5. The number of alkyl halides is 5. The quantitative estimate of drug-likeness (QED) is 0.472. The average molecular weight is 315 g/mol. The van der Waals surface area contributed by atoms with E-state index in [-0.39, 0.29) is 5.56 Å². The van der Waals surface area contributed by atoms with Crippen LogP contribution in [0.5, 0.6) is 0 Å². The van der Waals surface area contributed by atoms with E-state index in [2.05, 4.69) is 20.7 Å². The molecule has 0 aliphatic heterocycles. The van der Waals surface area contributed by atoms with E-state index >= 15 is 0 Å². The highest BCUT2D eigenvalue weighted by atomic mass is 79.9. The molecule has 1 atom stereocenters. The first kappa shape index (κ1) is 14.1. The van der Waals surface area contributed by atoms with Gasteiger partial charge in [-0.05, 0) is 15.9 Å².